The molecule has 142 valence electrons. The zero-order chi connectivity index (χ0) is 19.4. The lowest BCUT2D eigenvalue weighted by Crippen LogP contribution is -2.63. The number of alkyl halides is 3. The van der Waals surface area contributed by atoms with Crippen molar-refractivity contribution in [3.8, 4) is 0 Å². The highest BCUT2D eigenvalue weighted by Crippen LogP contribution is 2.38. The van der Waals surface area contributed by atoms with Crippen LogP contribution in [-0.4, -0.2) is 40.9 Å². The topological polar surface area (TPSA) is 61.8 Å². The van der Waals surface area contributed by atoms with E-state index in [1.807, 2.05) is 12.2 Å². The van der Waals surface area contributed by atoms with E-state index in [9.17, 15) is 22.8 Å². The first-order valence-corrected chi connectivity index (χ1v) is 8.61. The van der Waals surface area contributed by atoms with Crippen molar-refractivity contribution in [3.63, 3.8) is 0 Å². The second-order valence-electron chi connectivity index (χ2n) is 6.12. The quantitative estimate of drug-likeness (QED) is 0.802. The molecule has 1 aliphatic heterocycles. The number of amides is 2. The van der Waals surface area contributed by atoms with Crippen LogP contribution in [0.4, 0.5) is 13.2 Å². The number of benzene rings is 1. The van der Waals surface area contributed by atoms with Crippen molar-refractivity contribution in [2.45, 2.75) is 51.4 Å². The largest absolute Gasteiger partial charge is 0.442 e. The molecule has 8 heteroatoms. The number of carbonyl (C=O) groups excluding carboxylic acids is 2. The Morgan fingerprint density at radius 2 is 1.85 bits per heavy atom. The first-order chi connectivity index (χ1) is 12.3. The van der Waals surface area contributed by atoms with Crippen LogP contribution in [0.5, 0.6) is 0 Å². The normalized spacial score (nSPS) is 20.3. The monoisotopic (exact) mass is 369 g/mol. The summed E-state index contributed by atoms with van der Waals surface area (Å²) in [4.78, 5) is 29.5. The summed E-state index contributed by atoms with van der Waals surface area (Å²) in [6.07, 6.45) is -3.60. The number of unbranched alkanes of at least 4 members (excludes halogenated alkanes) is 1. The van der Waals surface area contributed by atoms with Crippen LogP contribution in [0.1, 0.15) is 45.1 Å². The fraction of sp³-hybridized carbons (Fsp3) is 0.500. The van der Waals surface area contributed by atoms with Gasteiger partial charge in [-0.05, 0) is 12.8 Å². The molecule has 1 atom stereocenters. The van der Waals surface area contributed by atoms with Crippen LogP contribution in [0.3, 0.4) is 0 Å². The number of aliphatic imine (C=N–C) groups is 1. The summed E-state index contributed by atoms with van der Waals surface area (Å²) in [5.41, 5.74) is -2.87. The van der Waals surface area contributed by atoms with Crippen molar-refractivity contribution in [1.29, 1.82) is 0 Å². The number of amidine groups is 1. The summed E-state index contributed by atoms with van der Waals surface area (Å²) in [5, 5.41) is 1.86. The molecule has 26 heavy (non-hydrogen) atoms. The molecule has 5 nitrogen and oxygen atoms in total. The zero-order valence-electron chi connectivity index (χ0n) is 14.8. The van der Waals surface area contributed by atoms with E-state index < -0.39 is 23.7 Å². The highest BCUT2D eigenvalue weighted by molar-refractivity contribution is 6.16. The fourth-order valence-corrected chi connectivity index (χ4v) is 2.74. The lowest BCUT2D eigenvalue weighted by atomic mass is 10.1. The minimum Gasteiger partial charge on any atom is -0.316 e. The molecule has 0 aromatic heterocycles. The minimum atomic E-state index is -5.05. The van der Waals surface area contributed by atoms with Gasteiger partial charge in [0.25, 0.3) is 5.91 Å². The van der Waals surface area contributed by atoms with E-state index in [0.29, 0.717) is 24.8 Å². The molecule has 0 saturated carbocycles. The third kappa shape index (κ3) is 3.73. The molecule has 1 N–H and O–H groups in total. The third-order valence-corrected chi connectivity index (χ3v) is 4.05. The van der Waals surface area contributed by atoms with Crippen LogP contribution in [0.25, 0.3) is 0 Å². The molecule has 2 amide bonds. The van der Waals surface area contributed by atoms with Gasteiger partial charge in [0.05, 0.1) is 0 Å². The summed E-state index contributed by atoms with van der Waals surface area (Å²) in [6, 6.07) is 8.19. The van der Waals surface area contributed by atoms with Crippen LogP contribution >= 0.6 is 0 Å². The molecular weight excluding hydrogens is 347 g/mol. The van der Waals surface area contributed by atoms with Crippen LogP contribution < -0.4 is 5.32 Å². The predicted molar refractivity (Wildman–Crippen MR) is 91.4 cm³/mol. The third-order valence-electron chi connectivity index (χ3n) is 4.05. The van der Waals surface area contributed by atoms with Crippen molar-refractivity contribution in [1.82, 2.24) is 10.2 Å². The van der Waals surface area contributed by atoms with E-state index in [1.165, 1.54) is 0 Å². The summed E-state index contributed by atoms with van der Waals surface area (Å²) < 4.78 is 41.6. The maximum atomic E-state index is 13.9. The van der Waals surface area contributed by atoms with Crippen molar-refractivity contribution in [2.75, 3.05) is 6.54 Å². The summed E-state index contributed by atoms with van der Waals surface area (Å²) in [5.74, 6) is -2.19. The summed E-state index contributed by atoms with van der Waals surface area (Å²) in [7, 11) is 0. The molecule has 2 rings (SSSR count). The van der Waals surface area contributed by atoms with Gasteiger partial charge in [-0.25, -0.2) is 4.99 Å². The highest BCUT2D eigenvalue weighted by Gasteiger charge is 2.66. The van der Waals surface area contributed by atoms with Crippen molar-refractivity contribution in [2.24, 2.45) is 4.99 Å². The fourth-order valence-electron chi connectivity index (χ4n) is 2.74. The van der Waals surface area contributed by atoms with E-state index in [-0.39, 0.29) is 18.8 Å². The summed E-state index contributed by atoms with van der Waals surface area (Å²) in [6.45, 7) is 3.65. The first kappa shape index (κ1) is 19.9. The predicted octanol–water partition coefficient (Wildman–Crippen LogP) is 3.25. The number of hydrogen-bond acceptors (Lipinski definition) is 3. The van der Waals surface area contributed by atoms with Gasteiger partial charge in [0.15, 0.2) is 0 Å². The Morgan fingerprint density at radius 3 is 2.38 bits per heavy atom. The molecule has 0 fully saturated rings. The Kier molecular flexibility index (Phi) is 6.05. The van der Waals surface area contributed by atoms with Crippen LogP contribution in [0.15, 0.2) is 35.3 Å². The minimum absolute atomic E-state index is 0.0782. The van der Waals surface area contributed by atoms with Crippen LogP contribution in [0.2, 0.25) is 0 Å². The van der Waals surface area contributed by atoms with E-state index in [2.05, 4.69) is 4.99 Å². The molecule has 1 aromatic carbocycles. The van der Waals surface area contributed by atoms with Gasteiger partial charge in [0.1, 0.15) is 5.84 Å². The zero-order valence-corrected chi connectivity index (χ0v) is 14.8. The van der Waals surface area contributed by atoms with Gasteiger partial charge in [0, 0.05) is 18.5 Å². The Balaban J connectivity index is 2.50. The lowest BCUT2D eigenvalue weighted by Gasteiger charge is -2.29. The highest BCUT2D eigenvalue weighted by atomic mass is 19.4. The molecule has 0 aliphatic carbocycles. The van der Waals surface area contributed by atoms with Gasteiger partial charge in [0.2, 0.25) is 5.91 Å². The van der Waals surface area contributed by atoms with Gasteiger partial charge in [-0.2, -0.15) is 13.2 Å². The van der Waals surface area contributed by atoms with Crippen molar-refractivity contribution >= 4 is 17.6 Å². The number of nitrogens with zero attached hydrogens (tertiary/aromatic N) is 2. The second kappa shape index (κ2) is 7.88. The summed E-state index contributed by atoms with van der Waals surface area (Å²) >= 11 is 0. The standard InChI is InChI=1S/C18H22F3N3O2/c1-3-5-11-14(25)22-17(18(19,20)21)16(26)24(12-4-2)15(23-17)13-9-7-6-8-10-13/h6-10H,3-5,11-12H2,1-2H3,(H,22,25). The van der Waals surface area contributed by atoms with Gasteiger partial charge in [-0.1, -0.05) is 50.6 Å². The van der Waals surface area contributed by atoms with E-state index >= 15 is 0 Å². The molecule has 0 bridgehead atoms. The second-order valence-corrected chi connectivity index (χ2v) is 6.12. The smallest absolute Gasteiger partial charge is 0.316 e. The number of carbonyl (C=O) groups is 2. The van der Waals surface area contributed by atoms with Gasteiger partial charge in [-0.15, -0.1) is 0 Å². The van der Waals surface area contributed by atoms with Crippen LogP contribution in [-0.2, 0) is 9.59 Å². The Morgan fingerprint density at radius 1 is 1.19 bits per heavy atom. The van der Waals surface area contributed by atoms with Gasteiger partial charge < -0.3 is 5.32 Å². The number of hydrogen-bond donors (Lipinski definition) is 1. The maximum Gasteiger partial charge on any atom is 0.442 e. The van der Waals surface area contributed by atoms with Crippen molar-refractivity contribution < 1.29 is 22.8 Å². The average molecular weight is 369 g/mol. The molecule has 1 heterocycles. The molecular formula is C18H22F3N3O2. The molecule has 0 saturated heterocycles. The Labute approximate surface area is 150 Å². The molecule has 1 aromatic rings. The van der Waals surface area contributed by atoms with E-state index in [4.69, 9.17) is 0 Å². The van der Waals surface area contributed by atoms with E-state index in [0.717, 1.165) is 4.90 Å². The molecule has 1 unspecified atom stereocenters. The maximum absolute atomic E-state index is 13.9. The molecule has 0 radical (unpaired) electrons. The van der Waals surface area contributed by atoms with E-state index in [1.54, 1.807) is 37.3 Å². The van der Waals surface area contributed by atoms with Crippen molar-refractivity contribution in [3.05, 3.63) is 35.9 Å². The SMILES string of the molecule is CCCCC(=O)NC1(C(F)(F)F)N=C(c2ccccc2)N(CCC)C1=O. The lowest BCUT2D eigenvalue weighted by molar-refractivity contribution is -0.200. The molecule has 1 aliphatic rings. The first-order valence-electron chi connectivity index (χ1n) is 8.61. The Hall–Kier alpha value is -2.38. The van der Waals surface area contributed by atoms with Gasteiger partial charge >= 0.3 is 11.8 Å². The average Bonchev–Trinajstić information content (AvgIpc) is 2.88. The van der Waals surface area contributed by atoms with Gasteiger partial charge in [-0.3, -0.25) is 14.5 Å². The van der Waals surface area contributed by atoms with Crippen LogP contribution in [0, 0.1) is 0 Å². The number of halogens is 3. The Bertz CT molecular complexity index is 689. The molecule has 0 spiro atoms. The number of rotatable bonds is 7. The number of nitrogens with one attached hydrogen (secondary N) is 1.